The van der Waals surface area contributed by atoms with E-state index >= 15 is 0 Å². The van der Waals surface area contributed by atoms with Gasteiger partial charge in [0.15, 0.2) is 0 Å². The molecule has 2 radical (unpaired) electrons. The summed E-state index contributed by atoms with van der Waals surface area (Å²) in [5.74, 6) is -13.1. The topological polar surface area (TPSA) is 241 Å². The summed E-state index contributed by atoms with van der Waals surface area (Å²) >= 11 is 0. The van der Waals surface area contributed by atoms with E-state index in [4.69, 9.17) is 59.4 Å². The molecule has 0 aliphatic rings. The molecule has 0 rings (SSSR count). The fourth-order valence-electron chi connectivity index (χ4n) is 0. The maximum atomic E-state index is 8.93. The van der Waals surface area contributed by atoms with Crippen LogP contribution in [0.25, 0.3) is 0 Å². The number of hydrogen-bond donors (Lipinski definition) is 0. The van der Waals surface area contributed by atoms with Gasteiger partial charge < -0.3 is 59.4 Å². The quantitative estimate of drug-likeness (QED) is 0.206. The first-order valence-corrected chi connectivity index (χ1v) is 3.20. The van der Waals surface area contributed by atoms with Gasteiger partial charge in [0.2, 0.25) is 0 Å². The molecule has 0 unspecified atom stereocenters. The maximum absolute atomic E-state index is 8.93. The maximum Gasteiger partial charge on any atom is 3.00 e. The first kappa shape index (κ1) is 44.0. The van der Waals surface area contributed by atoms with Crippen LogP contribution in [-0.4, -0.2) is 35.8 Å². The Morgan fingerprint density at radius 1 is 0.364 bits per heavy atom. The second-order valence-corrected chi connectivity index (χ2v) is 1.72. The molecule has 0 N–H and O–H groups in total. The van der Waals surface area contributed by atoms with Crippen LogP contribution in [0.5, 0.6) is 0 Å². The molecule has 22 heavy (non-hydrogen) atoms. The van der Waals surface area contributed by atoms with E-state index in [1.54, 1.807) is 0 Å². The first-order valence-electron chi connectivity index (χ1n) is 3.20. The number of carbonyl (C=O) groups excluding carboxylic acids is 6. The predicted octanol–water partition coefficient (Wildman–Crippen LogP) is -10.5. The number of carbonyl (C=O) groups is 6. The van der Waals surface area contributed by atoms with Crippen molar-refractivity contribution in [2.75, 3.05) is 0 Å². The summed E-state index contributed by atoms with van der Waals surface area (Å²) in [6.07, 6.45) is 0. The fourth-order valence-corrected chi connectivity index (χ4v) is 0. The smallest absolute Gasteiger partial charge is 0.543 e. The van der Waals surface area contributed by atoms with E-state index in [-0.39, 0.29) is 160 Å². The zero-order chi connectivity index (χ0) is 15.5. The summed E-state index contributed by atoms with van der Waals surface area (Å²) in [7, 11) is 0. The molecule has 0 amide bonds. The van der Waals surface area contributed by atoms with Crippen LogP contribution in [-0.2, 0) is 28.8 Å². The van der Waals surface area contributed by atoms with E-state index in [9.17, 15) is 0 Å². The molecular formula is C6Gd4O12. The molecule has 0 heterocycles. The number of carboxylic acid groups (broad SMARTS) is 6. The summed E-state index contributed by atoms with van der Waals surface area (Å²) in [4.78, 5) is 53.6. The molecule has 0 saturated heterocycles. The molecule has 0 aliphatic carbocycles. The van der Waals surface area contributed by atoms with Crippen LogP contribution in [0.3, 0.4) is 0 Å². The zero-order valence-corrected chi connectivity index (χ0v) is 18.4. The van der Waals surface area contributed by atoms with Crippen molar-refractivity contribution in [1.82, 2.24) is 0 Å². The molecule has 0 saturated carbocycles. The van der Waals surface area contributed by atoms with Crippen LogP contribution in [0.2, 0.25) is 0 Å². The third-order valence-corrected chi connectivity index (χ3v) is 0.500. The standard InChI is InChI=1S/3C2H2O4.4Gd/c3*3-1(4)2(5)6;;;;/h3*(H,3,4)(H,5,6);;;;/q;;;;;2*+3/p-6. The second kappa shape index (κ2) is 27.9. The molecular weight excluding hydrogens is 893 g/mol. The Morgan fingerprint density at radius 3 is 0.409 bits per heavy atom. The van der Waals surface area contributed by atoms with Crippen LogP contribution in [0, 0.1) is 160 Å². The summed E-state index contributed by atoms with van der Waals surface area (Å²) in [6.45, 7) is 0. The van der Waals surface area contributed by atoms with E-state index < -0.39 is 35.8 Å². The van der Waals surface area contributed by atoms with Crippen LogP contribution in [0.4, 0.5) is 0 Å². The summed E-state index contributed by atoms with van der Waals surface area (Å²) in [5, 5.41) is 53.6. The van der Waals surface area contributed by atoms with Crippen molar-refractivity contribution in [3.8, 4) is 0 Å². The number of aliphatic carboxylic acids is 6. The van der Waals surface area contributed by atoms with Gasteiger partial charge in [0.05, 0.1) is 35.8 Å². The van der Waals surface area contributed by atoms with E-state index in [0.29, 0.717) is 0 Å². The van der Waals surface area contributed by atoms with Crippen molar-refractivity contribution in [2.24, 2.45) is 0 Å². The monoisotopic (exact) mass is 896 g/mol. The van der Waals surface area contributed by atoms with Gasteiger partial charge in [-0.15, -0.1) is 0 Å². The minimum atomic E-state index is -2.19. The second-order valence-electron chi connectivity index (χ2n) is 1.72. The van der Waals surface area contributed by atoms with Crippen molar-refractivity contribution in [2.45, 2.75) is 0 Å². The average Bonchev–Trinajstić information content (AvgIpc) is 2.18. The van der Waals surface area contributed by atoms with Crippen molar-refractivity contribution < 1.29 is 219 Å². The molecule has 16 heteroatoms. The predicted molar refractivity (Wildman–Crippen MR) is 30.0 cm³/mol. The third kappa shape index (κ3) is 49.5. The van der Waals surface area contributed by atoms with Gasteiger partial charge in [0.1, 0.15) is 0 Å². The Labute approximate surface area is 249 Å². The number of hydrogen-bond acceptors (Lipinski definition) is 12. The van der Waals surface area contributed by atoms with Crippen molar-refractivity contribution in [3.63, 3.8) is 0 Å². The van der Waals surface area contributed by atoms with Crippen LogP contribution < -0.4 is 30.6 Å². The Kier molecular flexibility index (Phi) is 55.9. The Morgan fingerprint density at radius 2 is 0.409 bits per heavy atom. The van der Waals surface area contributed by atoms with Gasteiger partial charge in [-0.25, -0.2) is 0 Å². The van der Waals surface area contributed by atoms with E-state index in [1.165, 1.54) is 0 Å². The van der Waals surface area contributed by atoms with Crippen LogP contribution in [0.1, 0.15) is 0 Å². The first-order chi connectivity index (χ1) is 7.93. The Hall–Kier alpha value is 2.12. The van der Waals surface area contributed by atoms with Crippen molar-refractivity contribution in [1.29, 1.82) is 0 Å². The molecule has 0 fully saturated rings. The molecule has 0 spiro atoms. The van der Waals surface area contributed by atoms with Crippen LogP contribution >= 0.6 is 0 Å². The minimum Gasteiger partial charge on any atom is -0.543 e. The van der Waals surface area contributed by atoms with Crippen molar-refractivity contribution in [3.05, 3.63) is 0 Å². The third-order valence-electron chi connectivity index (χ3n) is 0.500. The molecule has 0 atom stereocenters. The van der Waals surface area contributed by atoms with Crippen LogP contribution in [0.15, 0.2) is 0 Å². The van der Waals surface area contributed by atoms with Gasteiger partial charge in [-0.3, -0.25) is 0 Å². The van der Waals surface area contributed by atoms with Gasteiger partial charge in [0, 0.05) is 79.9 Å². The summed E-state index contributed by atoms with van der Waals surface area (Å²) < 4.78 is 0. The minimum absolute atomic E-state index is 0. The van der Waals surface area contributed by atoms with E-state index in [2.05, 4.69) is 0 Å². The molecule has 12 nitrogen and oxygen atoms in total. The van der Waals surface area contributed by atoms with Gasteiger partial charge in [-0.1, -0.05) is 0 Å². The van der Waals surface area contributed by atoms with Gasteiger partial charge in [-0.2, -0.15) is 0 Å². The number of carboxylic acids is 6. The summed E-state index contributed by atoms with van der Waals surface area (Å²) in [5.41, 5.74) is 0. The zero-order valence-electron chi connectivity index (χ0n) is 9.31. The van der Waals surface area contributed by atoms with Crippen molar-refractivity contribution >= 4 is 35.8 Å². The average molecular weight is 893 g/mol. The molecule has 0 aromatic carbocycles. The molecule has 0 bridgehead atoms. The largest absolute Gasteiger partial charge is 3.00 e. The van der Waals surface area contributed by atoms with Gasteiger partial charge >= 0.3 is 79.9 Å². The summed E-state index contributed by atoms with van der Waals surface area (Å²) in [6, 6.07) is 0. The Balaban J connectivity index is -0.0000000281. The van der Waals surface area contributed by atoms with E-state index in [1.807, 2.05) is 0 Å². The molecule has 0 aliphatic heterocycles. The fraction of sp³-hybridized carbons (Fsp3) is 0. The van der Waals surface area contributed by atoms with Gasteiger partial charge in [-0.05, 0) is 0 Å². The molecule has 0 aromatic heterocycles. The molecule has 128 valence electrons. The van der Waals surface area contributed by atoms with E-state index in [0.717, 1.165) is 0 Å². The molecule has 0 aromatic rings. The number of rotatable bonds is 0. The normalized spacial score (nSPS) is 6.00. The van der Waals surface area contributed by atoms with Gasteiger partial charge in [0.25, 0.3) is 0 Å². The SMILES string of the molecule is O=C([O-])C(=O)[O-].O=C([O-])C(=O)[O-].O=C([O-])C(=O)[O-].[Gd+3].[Gd+3].[Gd].[Gd]. The Bertz CT molecular complexity index is 287.